The van der Waals surface area contributed by atoms with Gasteiger partial charge in [0.05, 0.1) is 0 Å². The van der Waals surface area contributed by atoms with Crippen molar-refractivity contribution in [1.29, 1.82) is 0 Å². The topological polar surface area (TPSA) is 9.23 Å². The van der Waals surface area contributed by atoms with Gasteiger partial charge in [0.1, 0.15) is 0 Å². The molecule has 0 atom stereocenters. The lowest BCUT2D eigenvalue weighted by Gasteiger charge is -2.19. The van der Waals surface area contributed by atoms with Crippen LogP contribution < -0.4 is 0 Å². The molecule has 18 heavy (non-hydrogen) atoms. The second-order valence-electron chi connectivity index (χ2n) is 6.24. The molecule has 0 spiro atoms. The van der Waals surface area contributed by atoms with Crippen molar-refractivity contribution < 1.29 is 4.43 Å². The monoisotopic (exact) mass is 262 g/mol. The predicted octanol–water partition coefficient (Wildman–Crippen LogP) is 4.78. The first-order valence-corrected chi connectivity index (χ1v) is 9.67. The highest BCUT2D eigenvalue weighted by atomic mass is 28.4. The van der Waals surface area contributed by atoms with Gasteiger partial charge in [-0.05, 0) is 36.6 Å². The summed E-state index contributed by atoms with van der Waals surface area (Å²) in [6.07, 6.45) is 2.19. The van der Waals surface area contributed by atoms with E-state index in [4.69, 9.17) is 4.43 Å². The van der Waals surface area contributed by atoms with E-state index in [1.165, 1.54) is 11.1 Å². The molecule has 1 rings (SSSR count). The van der Waals surface area contributed by atoms with Crippen LogP contribution in [0.3, 0.4) is 0 Å². The highest BCUT2D eigenvalue weighted by Crippen LogP contribution is 2.22. The van der Waals surface area contributed by atoms with Gasteiger partial charge in [0.2, 0.25) is 8.32 Å². The summed E-state index contributed by atoms with van der Waals surface area (Å²) in [5.41, 5.74) is 5.11. The summed E-state index contributed by atoms with van der Waals surface area (Å²) in [4.78, 5) is 0. The molecule has 0 saturated heterocycles. The van der Waals surface area contributed by atoms with Gasteiger partial charge in [0.25, 0.3) is 0 Å². The normalized spacial score (nSPS) is 13.2. The maximum atomic E-state index is 5.78. The molecule has 0 N–H and O–H groups in total. The third-order valence-corrected chi connectivity index (χ3v) is 4.97. The van der Waals surface area contributed by atoms with Crippen LogP contribution >= 0.6 is 0 Å². The Morgan fingerprint density at radius 1 is 1.11 bits per heavy atom. The molecule has 0 aliphatic rings. The van der Waals surface area contributed by atoms with Gasteiger partial charge in [-0.15, -0.1) is 0 Å². The Kier molecular flexibility index (Phi) is 4.94. The van der Waals surface area contributed by atoms with E-state index in [9.17, 15) is 0 Å². The fraction of sp³-hybridized carbons (Fsp3) is 0.500. The molecular formula is C16H26OSi. The van der Waals surface area contributed by atoms with E-state index in [-0.39, 0.29) is 5.41 Å². The smallest absolute Gasteiger partial charge is 0.211 e. The second kappa shape index (κ2) is 5.85. The average molecular weight is 262 g/mol. The van der Waals surface area contributed by atoms with Crippen LogP contribution in [0.4, 0.5) is 0 Å². The summed E-state index contributed by atoms with van der Waals surface area (Å²) in [6.45, 7) is 14.0. The van der Waals surface area contributed by atoms with Crippen molar-refractivity contribution in [3.05, 3.63) is 41.1 Å². The van der Waals surface area contributed by atoms with E-state index in [0.29, 0.717) is 0 Å². The van der Waals surface area contributed by atoms with Gasteiger partial charge in [0.15, 0.2) is 0 Å². The molecule has 0 unspecified atom stereocenters. The largest absolute Gasteiger partial charge is 0.414 e. The fourth-order valence-electron chi connectivity index (χ4n) is 1.81. The zero-order valence-corrected chi connectivity index (χ0v) is 13.6. The first kappa shape index (κ1) is 15.2. The molecule has 0 radical (unpaired) electrons. The number of hydrogen-bond donors (Lipinski definition) is 0. The van der Waals surface area contributed by atoms with E-state index in [2.05, 4.69) is 76.8 Å². The van der Waals surface area contributed by atoms with E-state index >= 15 is 0 Å². The second-order valence-corrected chi connectivity index (χ2v) is 10.1. The zero-order valence-electron chi connectivity index (χ0n) is 12.6. The van der Waals surface area contributed by atoms with Gasteiger partial charge in [-0.25, -0.2) is 0 Å². The fourth-order valence-corrected chi connectivity index (χ4v) is 3.25. The zero-order chi connectivity index (χ0) is 13.8. The van der Waals surface area contributed by atoms with Gasteiger partial charge >= 0.3 is 0 Å². The van der Waals surface area contributed by atoms with Crippen molar-refractivity contribution >= 4 is 14.4 Å². The van der Waals surface area contributed by atoms with Crippen LogP contribution in [0.2, 0.25) is 13.1 Å². The number of hydrogen-bond acceptors (Lipinski definition) is 1. The van der Waals surface area contributed by atoms with Crippen LogP contribution in [0.1, 0.15) is 38.8 Å². The molecule has 0 saturated carbocycles. The molecule has 0 aromatic heterocycles. The van der Waals surface area contributed by atoms with Crippen molar-refractivity contribution in [3.63, 3.8) is 0 Å². The maximum Gasteiger partial charge on any atom is 0.211 e. The summed E-state index contributed by atoms with van der Waals surface area (Å²) >= 11 is 0. The van der Waals surface area contributed by atoms with E-state index in [1.807, 2.05) is 0 Å². The lowest BCUT2D eigenvalue weighted by molar-refractivity contribution is 0.338. The standard InChI is InChI=1S/C16H26OSi/c1-7-17-18(5,6)13-12-14-8-10-15(11-9-14)16(2,3)4/h8-13H,7H2,1-6H3/b13-12+. The third kappa shape index (κ3) is 4.79. The Morgan fingerprint density at radius 3 is 2.11 bits per heavy atom. The first-order valence-electron chi connectivity index (χ1n) is 6.68. The average Bonchev–Trinajstić information content (AvgIpc) is 2.26. The Labute approximate surface area is 113 Å². The number of rotatable bonds is 4. The van der Waals surface area contributed by atoms with Crippen LogP contribution in [0.15, 0.2) is 30.0 Å². The van der Waals surface area contributed by atoms with Gasteiger partial charge in [-0.3, -0.25) is 0 Å². The van der Waals surface area contributed by atoms with Crippen LogP contribution in [0.25, 0.3) is 6.08 Å². The maximum absolute atomic E-state index is 5.78. The Balaban J connectivity index is 2.78. The van der Waals surface area contributed by atoms with Crippen LogP contribution in [0.5, 0.6) is 0 Å². The molecule has 2 heteroatoms. The molecular weight excluding hydrogens is 236 g/mol. The molecule has 0 aliphatic carbocycles. The Bertz CT molecular complexity index is 396. The summed E-state index contributed by atoms with van der Waals surface area (Å²) < 4.78 is 5.78. The van der Waals surface area contributed by atoms with Crippen LogP contribution in [-0.2, 0) is 9.84 Å². The van der Waals surface area contributed by atoms with Crippen LogP contribution in [-0.4, -0.2) is 14.9 Å². The molecule has 0 amide bonds. The minimum absolute atomic E-state index is 0.224. The molecule has 0 fully saturated rings. The third-order valence-electron chi connectivity index (χ3n) is 2.97. The summed E-state index contributed by atoms with van der Waals surface area (Å²) in [6, 6.07) is 8.81. The molecule has 1 aromatic rings. The SMILES string of the molecule is CCO[Si](C)(C)/C=C/c1ccc(C(C)(C)C)cc1. The van der Waals surface area contributed by atoms with E-state index in [0.717, 1.165) is 6.61 Å². The molecule has 0 bridgehead atoms. The Morgan fingerprint density at radius 2 is 1.67 bits per heavy atom. The van der Waals surface area contributed by atoms with E-state index in [1.54, 1.807) is 0 Å². The molecule has 100 valence electrons. The minimum atomic E-state index is -1.62. The molecule has 0 aliphatic heterocycles. The van der Waals surface area contributed by atoms with Crippen LogP contribution in [0, 0.1) is 0 Å². The van der Waals surface area contributed by atoms with E-state index < -0.39 is 8.32 Å². The minimum Gasteiger partial charge on any atom is -0.414 e. The van der Waals surface area contributed by atoms with Gasteiger partial charge < -0.3 is 4.43 Å². The van der Waals surface area contributed by atoms with Gasteiger partial charge in [-0.1, -0.05) is 56.8 Å². The van der Waals surface area contributed by atoms with Gasteiger partial charge in [0, 0.05) is 6.61 Å². The highest BCUT2D eigenvalue weighted by molar-refractivity contribution is 6.76. The van der Waals surface area contributed by atoms with Crippen molar-refractivity contribution in [1.82, 2.24) is 0 Å². The summed E-state index contributed by atoms with van der Waals surface area (Å²) in [5, 5.41) is 0. The summed E-state index contributed by atoms with van der Waals surface area (Å²) in [5.74, 6) is 0. The van der Waals surface area contributed by atoms with Crippen molar-refractivity contribution in [3.8, 4) is 0 Å². The highest BCUT2D eigenvalue weighted by Gasteiger charge is 2.17. The van der Waals surface area contributed by atoms with Gasteiger partial charge in [-0.2, -0.15) is 0 Å². The molecule has 1 nitrogen and oxygen atoms in total. The van der Waals surface area contributed by atoms with Crippen molar-refractivity contribution in [2.75, 3.05) is 6.61 Å². The lowest BCUT2D eigenvalue weighted by Crippen LogP contribution is -2.27. The van der Waals surface area contributed by atoms with Crippen molar-refractivity contribution in [2.24, 2.45) is 0 Å². The molecule has 1 aromatic carbocycles. The summed E-state index contributed by atoms with van der Waals surface area (Å²) in [7, 11) is -1.62. The quantitative estimate of drug-likeness (QED) is 0.710. The Hall–Kier alpha value is -0.863. The first-order chi connectivity index (χ1) is 8.24. The lowest BCUT2D eigenvalue weighted by atomic mass is 9.87. The van der Waals surface area contributed by atoms with Crippen molar-refractivity contribution in [2.45, 2.75) is 46.2 Å². The number of benzene rings is 1. The molecule has 0 heterocycles. The predicted molar refractivity (Wildman–Crippen MR) is 83.3 cm³/mol.